The highest BCUT2D eigenvalue weighted by Crippen LogP contribution is 2.36. The third kappa shape index (κ3) is 2.10. The molecule has 0 heterocycles. The zero-order chi connectivity index (χ0) is 14.2. The first-order valence-electron chi connectivity index (χ1n) is 4.07. The van der Waals surface area contributed by atoms with Crippen molar-refractivity contribution in [3.63, 3.8) is 0 Å². The van der Waals surface area contributed by atoms with Gasteiger partial charge in [0.15, 0.2) is 23.3 Å². The average Bonchev–Trinajstić information content (AvgIpc) is 2.24. The van der Waals surface area contributed by atoms with Crippen molar-refractivity contribution in [1.82, 2.24) is 5.43 Å². The molecule has 100 valence electrons. The van der Waals surface area contributed by atoms with Crippen LogP contribution in [-0.4, -0.2) is 5.91 Å². The molecule has 0 unspecified atom stereocenters. The van der Waals surface area contributed by atoms with Gasteiger partial charge < -0.3 is 0 Å². The van der Waals surface area contributed by atoms with E-state index in [9.17, 15) is 35.5 Å². The molecule has 0 aliphatic heterocycles. The summed E-state index contributed by atoms with van der Waals surface area (Å²) < 4.78 is 88.5. The van der Waals surface area contributed by atoms with Crippen LogP contribution in [0.2, 0.25) is 0 Å². The van der Waals surface area contributed by atoms with E-state index in [4.69, 9.17) is 0 Å². The fourth-order valence-electron chi connectivity index (χ4n) is 1.15. The van der Waals surface area contributed by atoms with Crippen molar-refractivity contribution in [1.29, 1.82) is 0 Å². The lowest BCUT2D eigenvalue weighted by Gasteiger charge is -2.13. The quantitative estimate of drug-likeness (QED) is 0.270. The third-order valence-electron chi connectivity index (χ3n) is 1.91. The summed E-state index contributed by atoms with van der Waals surface area (Å²) in [6, 6.07) is 0. The molecule has 0 aromatic heterocycles. The van der Waals surface area contributed by atoms with Crippen molar-refractivity contribution >= 4 is 5.91 Å². The van der Waals surface area contributed by atoms with Gasteiger partial charge in [0, 0.05) is 0 Å². The highest BCUT2D eigenvalue weighted by atomic mass is 19.4. The second-order valence-electron chi connectivity index (χ2n) is 2.98. The molecule has 0 fully saturated rings. The van der Waals surface area contributed by atoms with E-state index in [2.05, 4.69) is 5.84 Å². The Kier molecular flexibility index (Phi) is 3.51. The van der Waals surface area contributed by atoms with Crippen LogP contribution in [0.15, 0.2) is 0 Å². The van der Waals surface area contributed by atoms with E-state index in [0.717, 1.165) is 5.43 Å². The van der Waals surface area contributed by atoms with E-state index >= 15 is 0 Å². The van der Waals surface area contributed by atoms with Gasteiger partial charge in [-0.1, -0.05) is 0 Å². The largest absolute Gasteiger partial charge is 0.422 e. The highest BCUT2D eigenvalue weighted by Gasteiger charge is 2.43. The SMILES string of the molecule is NNC(=O)c1c(F)c(F)c(C(F)(F)F)c(F)c1F. The minimum Gasteiger partial charge on any atom is -0.290 e. The van der Waals surface area contributed by atoms with Crippen LogP contribution in [0.5, 0.6) is 0 Å². The Morgan fingerprint density at radius 3 is 1.61 bits per heavy atom. The van der Waals surface area contributed by atoms with Gasteiger partial charge in [-0.2, -0.15) is 13.2 Å². The van der Waals surface area contributed by atoms with Crippen LogP contribution in [0.3, 0.4) is 0 Å². The van der Waals surface area contributed by atoms with Crippen molar-refractivity contribution in [3.05, 3.63) is 34.4 Å². The van der Waals surface area contributed by atoms with Gasteiger partial charge in [-0.05, 0) is 0 Å². The van der Waals surface area contributed by atoms with Gasteiger partial charge in [0.1, 0.15) is 11.1 Å². The Hall–Kier alpha value is -1.84. The number of hydrazine groups is 1. The number of rotatable bonds is 1. The van der Waals surface area contributed by atoms with E-state index in [0.29, 0.717) is 0 Å². The molecule has 0 saturated carbocycles. The first kappa shape index (κ1) is 14.2. The first-order chi connectivity index (χ1) is 8.12. The molecular weight excluding hydrogens is 273 g/mol. The number of carbonyl (C=O) groups is 1. The smallest absolute Gasteiger partial charge is 0.290 e. The predicted octanol–water partition coefficient (Wildman–Crippen LogP) is 1.87. The molecule has 3 N–H and O–H groups in total. The second kappa shape index (κ2) is 4.44. The lowest BCUT2D eigenvalue weighted by molar-refractivity contribution is -0.143. The molecular formula is C8H3F7N2O. The number of nitrogen functional groups attached to an aromatic ring is 1. The maximum atomic E-state index is 13.1. The molecule has 0 saturated heterocycles. The van der Waals surface area contributed by atoms with Crippen LogP contribution < -0.4 is 11.3 Å². The van der Waals surface area contributed by atoms with E-state index in [1.54, 1.807) is 0 Å². The maximum absolute atomic E-state index is 13.1. The third-order valence-corrected chi connectivity index (χ3v) is 1.91. The standard InChI is InChI=1S/C8H3F7N2O/c9-3-1(7(18)17-16)4(10)6(12)2(5(3)11)8(13,14)15/h16H2,(H,17,18). The van der Waals surface area contributed by atoms with Gasteiger partial charge in [0.05, 0.1) is 0 Å². The highest BCUT2D eigenvalue weighted by molar-refractivity contribution is 5.94. The number of halogens is 7. The number of nitrogens with one attached hydrogen (secondary N) is 1. The maximum Gasteiger partial charge on any atom is 0.422 e. The molecule has 0 aliphatic carbocycles. The number of hydrogen-bond acceptors (Lipinski definition) is 2. The molecule has 0 spiro atoms. The van der Waals surface area contributed by atoms with Crippen LogP contribution in [0.1, 0.15) is 15.9 Å². The van der Waals surface area contributed by atoms with Crippen LogP contribution in [-0.2, 0) is 6.18 Å². The number of alkyl halides is 3. The lowest BCUT2D eigenvalue weighted by atomic mass is 10.1. The second-order valence-corrected chi connectivity index (χ2v) is 2.98. The van der Waals surface area contributed by atoms with Crippen LogP contribution in [0.4, 0.5) is 30.7 Å². The van der Waals surface area contributed by atoms with Gasteiger partial charge in [0.2, 0.25) is 0 Å². The van der Waals surface area contributed by atoms with E-state index < -0.39 is 46.5 Å². The molecule has 1 amide bonds. The number of benzene rings is 1. The summed E-state index contributed by atoms with van der Waals surface area (Å²) in [5.74, 6) is -7.75. The summed E-state index contributed by atoms with van der Waals surface area (Å²) in [4.78, 5) is 10.8. The predicted molar refractivity (Wildman–Crippen MR) is 42.9 cm³/mol. The minimum atomic E-state index is -5.66. The first-order valence-corrected chi connectivity index (χ1v) is 4.07. The minimum absolute atomic E-state index is 1.14. The zero-order valence-corrected chi connectivity index (χ0v) is 8.13. The summed E-state index contributed by atoms with van der Waals surface area (Å²) in [6.45, 7) is 0. The van der Waals surface area contributed by atoms with Crippen molar-refractivity contribution in [2.45, 2.75) is 6.18 Å². The molecule has 1 aromatic rings. The number of carbonyl (C=O) groups excluding carboxylic acids is 1. The van der Waals surface area contributed by atoms with Crippen molar-refractivity contribution in [2.24, 2.45) is 5.84 Å². The molecule has 3 nitrogen and oxygen atoms in total. The number of nitrogens with two attached hydrogens (primary N) is 1. The summed E-state index contributed by atoms with van der Waals surface area (Å²) in [5, 5.41) is 0. The fraction of sp³-hybridized carbons (Fsp3) is 0.125. The Bertz CT molecular complexity index is 482. The van der Waals surface area contributed by atoms with Gasteiger partial charge in [-0.15, -0.1) is 0 Å². The molecule has 0 aliphatic rings. The molecule has 0 bridgehead atoms. The number of hydrogen-bond donors (Lipinski definition) is 2. The van der Waals surface area contributed by atoms with Crippen molar-refractivity contribution in [2.75, 3.05) is 0 Å². The van der Waals surface area contributed by atoms with Crippen molar-refractivity contribution < 1.29 is 35.5 Å². The summed E-state index contributed by atoms with van der Waals surface area (Å²) in [7, 11) is 0. The molecule has 1 aromatic carbocycles. The normalized spacial score (nSPS) is 11.6. The average molecular weight is 276 g/mol. The molecule has 1 rings (SSSR count). The van der Waals surface area contributed by atoms with Crippen LogP contribution in [0.25, 0.3) is 0 Å². The fourth-order valence-corrected chi connectivity index (χ4v) is 1.15. The Balaban J connectivity index is 3.72. The van der Waals surface area contributed by atoms with Crippen LogP contribution >= 0.6 is 0 Å². The Morgan fingerprint density at radius 2 is 1.33 bits per heavy atom. The molecule has 18 heavy (non-hydrogen) atoms. The number of amides is 1. The molecule has 0 atom stereocenters. The van der Waals surface area contributed by atoms with E-state index in [1.165, 1.54) is 0 Å². The van der Waals surface area contributed by atoms with E-state index in [-0.39, 0.29) is 0 Å². The Labute approximate surface area is 94.3 Å². The van der Waals surface area contributed by atoms with E-state index in [1.807, 2.05) is 0 Å². The monoisotopic (exact) mass is 276 g/mol. The van der Waals surface area contributed by atoms with Gasteiger partial charge in [0.25, 0.3) is 5.91 Å². The molecule has 0 radical (unpaired) electrons. The van der Waals surface area contributed by atoms with Gasteiger partial charge in [-0.25, -0.2) is 23.4 Å². The van der Waals surface area contributed by atoms with Gasteiger partial charge >= 0.3 is 6.18 Å². The molecule has 10 heteroatoms. The van der Waals surface area contributed by atoms with Crippen LogP contribution in [0, 0.1) is 23.3 Å². The Morgan fingerprint density at radius 1 is 0.944 bits per heavy atom. The van der Waals surface area contributed by atoms with Gasteiger partial charge in [-0.3, -0.25) is 10.2 Å². The zero-order valence-electron chi connectivity index (χ0n) is 8.13. The van der Waals surface area contributed by atoms with Crippen molar-refractivity contribution in [3.8, 4) is 0 Å². The summed E-state index contributed by atoms with van der Waals surface area (Å²) in [6.07, 6.45) is -5.66. The summed E-state index contributed by atoms with van der Waals surface area (Å²) >= 11 is 0. The topological polar surface area (TPSA) is 55.1 Å². The summed E-state index contributed by atoms with van der Waals surface area (Å²) in [5.41, 5.74) is -3.49. The lowest BCUT2D eigenvalue weighted by Crippen LogP contribution is -2.33.